The molecule has 43 heavy (non-hydrogen) atoms. The van der Waals surface area contributed by atoms with Gasteiger partial charge in [0.15, 0.2) is 0 Å². The van der Waals surface area contributed by atoms with Gasteiger partial charge in [0.25, 0.3) is 5.91 Å². The van der Waals surface area contributed by atoms with E-state index in [2.05, 4.69) is 50.2 Å². The first-order valence-corrected chi connectivity index (χ1v) is 14.8. The zero-order valence-electron chi connectivity index (χ0n) is 25.5. The van der Waals surface area contributed by atoms with Crippen molar-refractivity contribution in [1.29, 1.82) is 5.26 Å². The zero-order chi connectivity index (χ0) is 30.8. The molecule has 2 aromatic heterocycles. The molecule has 1 saturated heterocycles. The maximum Gasteiger partial charge on any atom is 0.253 e. The van der Waals surface area contributed by atoms with Crippen molar-refractivity contribution in [3.8, 4) is 11.8 Å². The summed E-state index contributed by atoms with van der Waals surface area (Å²) in [5, 5.41) is 12.3. The van der Waals surface area contributed by atoms with Crippen LogP contribution in [0.5, 0.6) is 5.75 Å². The molecule has 4 rings (SSSR count). The molecule has 0 aliphatic carbocycles. The Morgan fingerprint density at radius 3 is 2.58 bits per heavy atom. The van der Waals surface area contributed by atoms with Crippen LogP contribution in [0.2, 0.25) is 0 Å². The number of hydrogen-bond acceptors (Lipinski definition) is 8. The lowest BCUT2D eigenvalue weighted by Crippen LogP contribution is -2.48. The fourth-order valence-corrected chi connectivity index (χ4v) is 5.64. The number of carbonyl (C=O) groups is 1. The van der Waals surface area contributed by atoms with Gasteiger partial charge in [0.2, 0.25) is 5.95 Å². The van der Waals surface area contributed by atoms with E-state index in [1.807, 2.05) is 24.3 Å². The lowest BCUT2D eigenvalue weighted by Gasteiger charge is -2.41. The number of rotatable bonds is 13. The molecule has 228 valence electrons. The summed E-state index contributed by atoms with van der Waals surface area (Å²) in [7, 11) is 1.65. The average Bonchev–Trinajstić information content (AvgIpc) is 3.00. The van der Waals surface area contributed by atoms with E-state index in [9.17, 15) is 14.4 Å². The van der Waals surface area contributed by atoms with Crippen molar-refractivity contribution in [2.45, 2.75) is 58.7 Å². The molecule has 0 saturated carbocycles. The van der Waals surface area contributed by atoms with Crippen LogP contribution in [0, 0.1) is 31.1 Å². The minimum Gasteiger partial charge on any atom is -0.491 e. The number of pyridine rings is 2. The second kappa shape index (κ2) is 15.4. The predicted molar refractivity (Wildman–Crippen MR) is 164 cm³/mol. The Bertz CT molecular complexity index is 1380. The van der Waals surface area contributed by atoms with Crippen LogP contribution < -0.4 is 15.0 Å². The SMILES string of the molecule is COCCOc1ccc(N(Cc2cccc(C#N)n2)C2CCN([C@H](C)CCNC(=O)c3c(C)cc(F)nc3C)CC2)cc1. The van der Waals surface area contributed by atoms with Gasteiger partial charge in [-0.25, -0.2) is 9.97 Å². The second-order valence-electron chi connectivity index (χ2n) is 11.0. The standard InChI is InChI=1S/C33H41FN6O3/c1-23-20-31(34)37-25(3)32(23)33(41)36-15-12-24(2)39-16-13-29(14-17-39)40(22-27-7-5-6-26(21-35)38-27)28-8-10-30(11-9-28)43-19-18-42-4/h5-11,20,24,29H,12-19,22H2,1-4H3,(H,36,41)/t24-/m1/s1. The van der Waals surface area contributed by atoms with E-state index in [0.29, 0.717) is 60.9 Å². The van der Waals surface area contributed by atoms with Crippen molar-refractivity contribution in [1.82, 2.24) is 20.2 Å². The third-order valence-corrected chi connectivity index (χ3v) is 7.98. The Morgan fingerprint density at radius 1 is 1.16 bits per heavy atom. The minimum atomic E-state index is -0.571. The van der Waals surface area contributed by atoms with Crippen molar-refractivity contribution < 1.29 is 18.7 Å². The van der Waals surface area contributed by atoms with E-state index in [0.717, 1.165) is 49.5 Å². The van der Waals surface area contributed by atoms with Crippen LogP contribution in [0.4, 0.5) is 10.1 Å². The lowest BCUT2D eigenvalue weighted by molar-refractivity contribution is 0.0943. The number of piperidine rings is 1. The molecule has 1 aliphatic heterocycles. The molecule has 1 fully saturated rings. The highest BCUT2D eigenvalue weighted by atomic mass is 19.1. The fraction of sp³-hybridized carbons (Fsp3) is 0.455. The summed E-state index contributed by atoms with van der Waals surface area (Å²) in [6.07, 6.45) is 2.75. The predicted octanol–water partition coefficient (Wildman–Crippen LogP) is 4.81. The van der Waals surface area contributed by atoms with Gasteiger partial charge in [0.1, 0.15) is 24.1 Å². The molecule has 0 unspecified atom stereocenters. The molecule has 1 aromatic carbocycles. The van der Waals surface area contributed by atoms with Gasteiger partial charge in [0, 0.05) is 44.5 Å². The first-order valence-electron chi connectivity index (χ1n) is 14.8. The third kappa shape index (κ3) is 8.72. The van der Waals surface area contributed by atoms with Crippen molar-refractivity contribution in [3.63, 3.8) is 0 Å². The van der Waals surface area contributed by atoms with Crippen LogP contribution in [0.1, 0.15) is 59.2 Å². The van der Waals surface area contributed by atoms with Crippen LogP contribution >= 0.6 is 0 Å². The van der Waals surface area contributed by atoms with Crippen molar-refractivity contribution >= 4 is 11.6 Å². The number of carbonyl (C=O) groups excluding carboxylic acids is 1. The van der Waals surface area contributed by atoms with E-state index >= 15 is 0 Å². The number of hydrogen-bond donors (Lipinski definition) is 1. The number of benzene rings is 1. The monoisotopic (exact) mass is 588 g/mol. The number of nitrogens with zero attached hydrogens (tertiary/aromatic N) is 5. The van der Waals surface area contributed by atoms with Crippen molar-refractivity contribution in [3.05, 3.63) is 82.7 Å². The number of ether oxygens (including phenoxy) is 2. The number of nitrogens with one attached hydrogen (secondary N) is 1. The first kappa shape index (κ1) is 31.9. The molecule has 10 heteroatoms. The smallest absolute Gasteiger partial charge is 0.253 e. The molecule has 3 heterocycles. The number of nitriles is 1. The van der Waals surface area contributed by atoms with E-state index in [-0.39, 0.29) is 5.91 Å². The zero-order valence-corrected chi connectivity index (χ0v) is 25.5. The van der Waals surface area contributed by atoms with Crippen LogP contribution in [0.15, 0.2) is 48.5 Å². The molecule has 1 amide bonds. The molecular formula is C33H41FN6O3. The van der Waals surface area contributed by atoms with Gasteiger partial charge in [-0.05, 0) is 88.1 Å². The summed E-state index contributed by atoms with van der Waals surface area (Å²) in [6.45, 7) is 9.59. The molecule has 3 aromatic rings. The van der Waals surface area contributed by atoms with Gasteiger partial charge in [-0.1, -0.05) is 6.07 Å². The number of likely N-dealkylation sites (tertiary alicyclic amines) is 1. The molecule has 9 nitrogen and oxygen atoms in total. The third-order valence-electron chi connectivity index (χ3n) is 7.98. The van der Waals surface area contributed by atoms with Gasteiger partial charge < -0.3 is 24.6 Å². The summed E-state index contributed by atoms with van der Waals surface area (Å²) in [5.74, 6) is 0.00779. The van der Waals surface area contributed by atoms with Crippen LogP contribution in [-0.4, -0.2) is 72.8 Å². The van der Waals surface area contributed by atoms with Gasteiger partial charge in [-0.2, -0.15) is 9.65 Å². The molecule has 1 aliphatic rings. The summed E-state index contributed by atoms with van der Waals surface area (Å²) >= 11 is 0. The number of amides is 1. The Hall–Kier alpha value is -4.07. The normalized spacial score (nSPS) is 14.6. The topological polar surface area (TPSA) is 104 Å². The fourth-order valence-electron chi connectivity index (χ4n) is 5.64. The van der Waals surface area contributed by atoms with Crippen LogP contribution in [-0.2, 0) is 11.3 Å². The van der Waals surface area contributed by atoms with Crippen LogP contribution in [0.25, 0.3) is 0 Å². The second-order valence-corrected chi connectivity index (χ2v) is 11.0. The Balaban J connectivity index is 1.36. The van der Waals surface area contributed by atoms with E-state index in [1.54, 1.807) is 27.0 Å². The highest BCUT2D eigenvalue weighted by Gasteiger charge is 2.28. The van der Waals surface area contributed by atoms with Crippen LogP contribution in [0.3, 0.4) is 0 Å². The molecule has 0 spiro atoms. The Kier molecular flexibility index (Phi) is 11.4. The number of aryl methyl sites for hydroxylation is 2. The molecule has 0 bridgehead atoms. The average molecular weight is 589 g/mol. The summed E-state index contributed by atoms with van der Waals surface area (Å²) in [5.41, 5.74) is 3.78. The Morgan fingerprint density at radius 2 is 1.91 bits per heavy atom. The van der Waals surface area contributed by atoms with Gasteiger partial charge >= 0.3 is 0 Å². The number of methoxy groups -OCH3 is 1. The molecular weight excluding hydrogens is 547 g/mol. The highest BCUT2D eigenvalue weighted by molar-refractivity contribution is 5.96. The molecule has 1 N–H and O–H groups in total. The first-order chi connectivity index (χ1) is 20.8. The van der Waals surface area contributed by atoms with Crippen molar-refractivity contribution in [2.75, 3.05) is 44.9 Å². The quantitative estimate of drug-likeness (QED) is 0.224. The summed E-state index contributed by atoms with van der Waals surface area (Å²) in [6, 6.07) is 17.7. The number of anilines is 1. The molecule has 1 atom stereocenters. The largest absolute Gasteiger partial charge is 0.491 e. The maximum absolute atomic E-state index is 13.5. The van der Waals surface area contributed by atoms with Gasteiger partial charge in [-0.15, -0.1) is 0 Å². The number of halogens is 1. The maximum atomic E-state index is 13.5. The van der Waals surface area contributed by atoms with Gasteiger partial charge in [0.05, 0.1) is 30.1 Å². The lowest BCUT2D eigenvalue weighted by atomic mass is 9.99. The summed E-state index contributed by atoms with van der Waals surface area (Å²) in [4.78, 5) is 25.9. The van der Waals surface area contributed by atoms with E-state index in [1.165, 1.54) is 6.07 Å². The molecule has 0 radical (unpaired) electrons. The highest BCUT2D eigenvalue weighted by Crippen LogP contribution is 2.28. The minimum absolute atomic E-state index is 0.215. The van der Waals surface area contributed by atoms with E-state index in [4.69, 9.17) is 9.47 Å². The van der Waals surface area contributed by atoms with Gasteiger partial charge in [-0.3, -0.25) is 4.79 Å². The number of aromatic nitrogens is 2. The van der Waals surface area contributed by atoms with Crippen molar-refractivity contribution in [2.24, 2.45) is 0 Å². The summed E-state index contributed by atoms with van der Waals surface area (Å²) < 4.78 is 24.4. The van der Waals surface area contributed by atoms with E-state index < -0.39 is 5.95 Å². The Labute approximate surface area is 253 Å².